The molecule has 0 aliphatic rings. The number of rotatable bonds is 5. The summed E-state index contributed by atoms with van der Waals surface area (Å²) in [5, 5.41) is 14.8. The van der Waals surface area contributed by atoms with Gasteiger partial charge in [0.15, 0.2) is 5.43 Å². The molecule has 1 heterocycles. The number of phenols is 1. The molecule has 4 nitrogen and oxygen atoms in total. The molecule has 0 saturated heterocycles. The Kier molecular flexibility index (Phi) is 8.85. The van der Waals surface area contributed by atoms with Crippen molar-refractivity contribution < 1.29 is 5.11 Å². The monoisotopic (exact) mass is 584 g/mol. The van der Waals surface area contributed by atoms with Crippen molar-refractivity contribution in [2.45, 2.75) is 6.42 Å². The molecule has 25 heavy (non-hydrogen) atoms. The van der Waals surface area contributed by atoms with Crippen molar-refractivity contribution in [3.05, 3.63) is 46.6 Å². The number of aromatic hydroxyl groups is 1. The Morgan fingerprint density at radius 1 is 1.12 bits per heavy atom. The number of fused-ring (bicyclic) bond motifs is 2. The molecule has 0 fully saturated rings. The second-order valence-electron chi connectivity index (χ2n) is 5.85. The van der Waals surface area contributed by atoms with E-state index in [1.807, 2.05) is 38.4 Å². The van der Waals surface area contributed by atoms with E-state index in [0.717, 1.165) is 29.9 Å². The number of phenolic OH excluding ortho intramolecular Hbond substituents is 1. The second kappa shape index (κ2) is 9.89. The van der Waals surface area contributed by atoms with Gasteiger partial charge in [-0.25, -0.2) is 0 Å². The number of benzene rings is 2. The van der Waals surface area contributed by atoms with Crippen molar-refractivity contribution in [1.82, 2.24) is 4.90 Å². The molecule has 0 aliphatic heterocycles. The van der Waals surface area contributed by atoms with E-state index in [1.54, 1.807) is 12.1 Å². The first-order valence-electron chi connectivity index (χ1n) is 7.64. The summed E-state index contributed by atoms with van der Waals surface area (Å²) >= 11 is 1.45. The lowest BCUT2D eigenvalue weighted by Gasteiger charge is -2.13. The fourth-order valence-corrected chi connectivity index (χ4v) is 3.77. The zero-order valence-corrected chi connectivity index (χ0v) is 19.6. The standard InChI is InChI=1S/C18H20N2O2S.2HI/c1-20(2)11-5-10-19-13-8-9-14(21)18-16(13)17(22)12-6-3-4-7-15(12)23-18;;/h3-4,6-9,19,21H,5,10-11H2,1-2H3;2*1H. The van der Waals surface area contributed by atoms with Crippen LogP contribution in [-0.4, -0.2) is 37.2 Å². The van der Waals surface area contributed by atoms with E-state index in [1.165, 1.54) is 11.3 Å². The van der Waals surface area contributed by atoms with E-state index in [9.17, 15) is 9.90 Å². The Hall–Kier alpha value is -0.650. The average molecular weight is 584 g/mol. The van der Waals surface area contributed by atoms with E-state index in [4.69, 9.17) is 0 Å². The molecule has 0 aliphatic carbocycles. The predicted octanol–water partition coefficient (Wildman–Crippen LogP) is 4.72. The normalized spacial score (nSPS) is 10.5. The van der Waals surface area contributed by atoms with Crippen LogP contribution in [0.2, 0.25) is 0 Å². The number of hydrogen-bond donors (Lipinski definition) is 2. The van der Waals surface area contributed by atoms with Gasteiger partial charge in [-0.05, 0) is 51.3 Å². The van der Waals surface area contributed by atoms with Crippen LogP contribution in [0.5, 0.6) is 5.75 Å². The third-order valence-electron chi connectivity index (χ3n) is 3.81. The van der Waals surface area contributed by atoms with Gasteiger partial charge in [-0.15, -0.1) is 59.3 Å². The number of halogens is 2. The number of hydrogen-bond acceptors (Lipinski definition) is 5. The molecule has 0 saturated carbocycles. The molecule has 0 unspecified atom stereocenters. The van der Waals surface area contributed by atoms with E-state index in [-0.39, 0.29) is 59.1 Å². The third kappa shape index (κ3) is 4.95. The summed E-state index contributed by atoms with van der Waals surface area (Å²) in [6.07, 6.45) is 0.987. The van der Waals surface area contributed by atoms with Gasteiger partial charge in [0.1, 0.15) is 5.75 Å². The van der Waals surface area contributed by atoms with E-state index >= 15 is 0 Å². The van der Waals surface area contributed by atoms with Gasteiger partial charge in [-0.3, -0.25) is 4.79 Å². The topological polar surface area (TPSA) is 52.6 Å². The first kappa shape index (κ1) is 22.4. The maximum atomic E-state index is 12.8. The van der Waals surface area contributed by atoms with Crippen LogP contribution in [0.3, 0.4) is 0 Å². The van der Waals surface area contributed by atoms with E-state index in [0.29, 0.717) is 15.5 Å². The van der Waals surface area contributed by atoms with Gasteiger partial charge < -0.3 is 15.3 Å². The van der Waals surface area contributed by atoms with Crippen LogP contribution in [0.15, 0.2) is 41.2 Å². The Labute approximate surface area is 185 Å². The lowest BCUT2D eigenvalue weighted by atomic mass is 10.1. The smallest absolute Gasteiger partial charge is 0.198 e. The SMILES string of the molecule is CN(C)CCCNc1ccc(O)c2sc3ccccc3c(=O)c12.I.I. The van der Waals surface area contributed by atoms with Gasteiger partial charge in [0, 0.05) is 22.3 Å². The van der Waals surface area contributed by atoms with Crippen LogP contribution < -0.4 is 10.7 Å². The Morgan fingerprint density at radius 3 is 2.56 bits per heavy atom. The number of nitrogens with zero attached hydrogens (tertiary/aromatic N) is 1. The summed E-state index contributed by atoms with van der Waals surface area (Å²) in [5.74, 6) is 0.159. The summed E-state index contributed by atoms with van der Waals surface area (Å²) in [6.45, 7) is 1.77. The Bertz CT molecular complexity index is 913. The third-order valence-corrected chi connectivity index (χ3v) is 5.00. The maximum absolute atomic E-state index is 12.8. The van der Waals surface area contributed by atoms with Gasteiger partial charge >= 0.3 is 0 Å². The molecule has 3 rings (SSSR count). The highest BCUT2D eigenvalue weighted by Gasteiger charge is 2.13. The minimum Gasteiger partial charge on any atom is -0.506 e. The molecule has 1 aromatic heterocycles. The molecule has 0 radical (unpaired) electrons. The second-order valence-corrected chi connectivity index (χ2v) is 6.90. The first-order valence-corrected chi connectivity index (χ1v) is 8.45. The Morgan fingerprint density at radius 2 is 1.84 bits per heavy atom. The Balaban J connectivity index is 0.00000156. The largest absolute Gasteiger partial charge is 0.506 e. The number of nitrogens with one attached hydrogen (secondary N) is 1. The zero-order valence-electron chi connectivity index (χ0n) is 14.1. The molecule has 0 spiro atoms. The lowest BCUT2D eigenvalue weighted by molar-refractivity contribution is 0.405. The van der Waals surface area contributed by atoms with Crippen molar-refractivity contribution >= 4 is 85.1 Å². The minimum atomic E-state index is -0.0274. The van der Waals surface area contributed by atoms with Crippen LogP contribution in [0.4, 0.5) is 5.69 Å². The van der Waals surface area contributed by atoms with Gasteiger partial charge in [-0.2, -0.15) is 0 Å². The maximum Gasteiger partial charge on any atom is 0.198 e. The van der Waals surface area contributed by atoms with Crippen LogP contribution in [0.25, 0.3) is 20.2 Å². The van der Waals surface area contributed by atoms with Crippen molar-refractivity contribution in [3.63, 3.8) is 0 Å². The predicted molar refractivity (Wildman–Crippen MR) is 130 cm³/mol. The molecule has 0 bridgehead atoms. The molecule has 0 atom stereocenters. The van der Waals surface area contributed by atoms with Gasteiger partial charge in [0.05, 0.1) is 10.1 Å². The summed E-state index contributed by atoms with van der Waals surface area (Å²) in [5.41, 5.74) is 0.768. The number of anilines is 1. The summed E-state index contributed by atoms with van der Waals surface area (Å²) in [7, 11) is 4.08. The van der Waals surface area contributed by atoms with Gasteiger partial charge in [-0.1, -0.05) is 12.1 Å². The molecule has 136 valence electrons. The fourth-order valence-electron chi connectivity index (χ4n) is 2.65. The molecule has 0 amide bonds. The van der Waals surface area contributed by atoms with Crippen molar-refractivity contribution in [2.24, 2.45) is 0 Å². The summed E-state index contributed by atoms with van der Waals surface area (Å²) < 4.78 is 1.54. The molecule has 3 aromatic rings. The average Bonchev–Trinajstić information content (AvgIpc) is 2.54. The molecule has 2 aromatic carbocycles. The van der Waals surface area contributed by atoms with Crippen molar-refractivity contribution in [3.8, 4) is 5.75 Å². The van der Waals surface area contributed by atoms with Crippen molar-refractivity contribution in [2.75, 3.05) is 32.5 Å². The molecular formula is C18H22I2N2O2S. The lowest BCUT2D eigenvalue weighted by Crippen LogP contribution is -2.17. The highest BCUT2D eigenvalue weighted by molar-refractivity contribution is 14.0. The quantitative estimate of drug-likeness (QED) is 0.198. The van der Waals surface area contributed by atoms with Crippen LogP contribution >= 0.6 is 59.3 Å². The van der Waals surface area contributed by atoms with E-state index < -0.39 is 0 Å². The summed E-state index contributed by atoms with van der Waals surface area (Å²) in [4.78, 5) is 15.0. The fraction of sp³-hybridized carbons (Fsp3) is 0.278. The molecule has 7 heteroatoms. The summed E-state index contributed by atoms with van der Waals surface area (Å²) in [6, 6.07) is 11.0. The van der Waals surface area contributed by atoms with Crippen LogP contribution in [-0.2, 0) is 0 Å². The minimum absolute atomic E-state index is 0. The first-order chi connectivity index (χ1) is 11.1. The van der Waals surface area contributed by atoms with Gasteiger partial charge in [0.2, 0.25) is 0 Å². The van der Waals surface area contributed by atoms with Gasteiger partial charge in [0.25, 0.3) is 0 Å². The zero-order chi connectivity index (χ0) is 16.4. The highest BCUT2D eigenvalue weighted by atomic mass is 127. The van der Waals surface area contributed by atoms with E-state index in [2.05, 4.69) is 10.2 Å². The molecular weight excluding hydrogens is 562 g/mol. The van der Waals surface area contributed by atoms with Crippen LogP contribution in [0, 0.1) is 0 Å². The van der Waals surface area contributed by atoms with Crippen molar-refractivity contribution in [1.29, 1.82) is 0 Å². The highest BCUT2D eigenvalue weighted by Crippen LogP contribution is 2.35. The molecule has 2 N–H and O–H groups in total. The van der Waals surface area contributed by atoms with Crippen LogP contribution in [0.1, 0.15) is 6.42 Å².